The molecule has 1 saturated heterocycles. The van der Waals surface area contributed by atoms with E-state index in [1.54, 1.807) is 6.07 Å². The van der Waals surface area contributed by atoms with Gasteiger partial charge in [0.05, 0.1) is 0 Å². The lowest BCUT2D eigenvalue weighted by Crippen LogP contribution is -2.24. The van der Waals surface area contributed by atoms with Gasteiger partial charge in [0.2, 0.25) is 0 Å². The summed E-state index contributed by atoms with van der Waals surface area (Å²) in [6, 6.07) is 24.2. The van der Waals surface area contributed by atoms with Gasteiger partial charge in [-0.05, 0) is 78.1 Å². The molecule has 1 radical (unpaired) electrons. The van der Waals surface area contributed by atoms with Crippen molar-refractivity contribution in [3.8, 4) is 17.2 Å². The van der Waals surface area contributed by atoms with Crippen LogP contribution >= 0.6 is 0 Å². The molecule has 3 aromatic carbocycles. The maximum atomic E-state index is 12.4. The highest BCUT2D eigenvalue weighted by Gasteiger charge is 2.54. The second-order valence-corrected chi connectivity index (χ2v) is 8.80. The molecule has 171 valence electrons. The molecular formula is C27H25F3NO2. The molecule has 0 bridgehead atoms. The van der Waals surface area contributed by atoms with Gasteiger partial charge in [-0.25, -0.2) is 0 Å². The van der Waals surface area contributed by atoms with E-state index in [1.165, 1.54) is 17.7 Å². The van der Waals surface area contributed by atoms with Crippen LogP contribution in [-0.4, -0.2) is 24.4 Å². The summed E-state index contributed by atoms with van der Waals surface area (Å²) in [5.74, 6) is 3.46. The normalized spacial score (nSPS) is 22.1. The molecule has 3 nitrogen and oxygen atoms in total. The van der Waals surface area contributed by atoms with Crippen molar-refractivity contribution in [2.75, 3.05) is 13.1 Å². The summed E-state index contributed by atoms with van der Waals surface area (Å²) in [6.07, 6.45) is -1.74. The van der Waals surface area contributed by atoms with Crippen LogP contribution < -0.4 is 9.47 Å². The molecule has 2 atom stereocenters. The Morgan fingerprint density at radius 1 is 0.818 bits per heavy atom. The summed E-state index contributed by atoms with van der Waals surface area (Å²) >= 11 is 0. The van der Waals surface area contributed by atoms with Crippen molar-refractivity contribution in [1.29, 1.82) is 0 Å². The maximum absolute atomic E-state index is 12.4. The average Bonchev–Trinajstić information content (AvgIpc) is 3.24. The largest absolute Gasteiger partial charge is 0.573 e. The Labute approximate surface area is 191 Å². The highest BCUT2D eigenvalue weighted by molar-refractivity contribution is 5.34. The minimum absolute atomic E-state index is 0.168. The van der Waals surface area contributed by atoms with Gasteiger partial charge < -0.3 is 9.47 Å². The number of benzene rings is 3. The lowest BCUT2D eigenvalue weighted by atomic mass is 10.0. The van der Waals surface area contributed by atoms with E-state index in [-0.39, 0.29) is 5.75 Å². The minimum atomic E-state index is -4.66. The Hall–Kier alpha value is -2.99. The van der Waals surface area contributed by atoms with Gasteiger partial charge in [-0.1, -0.05) is 42.5 Å². The number of likely N-dealkylation sites (tertiary alicyclic amines) is 1. The van der Waals surface area contributed by atoms with Crippen LogP contribution in [0.3, 0.4) is 0 Å². The molecule has 2 unspecified atom stereocenters. The van der Waals surface area contributed by atoms with E-state index in [2.05, 4.69) is 21.8 Å². The van der Waals surface area contributed by atoms with Crippen molar-refractivity contribution < 1.29 is 22.6 Å². The zero-order valence-electron chi connectivity index (χ0n) is 18.0. The van der Waals surface area contributed by atoms with E-state index in [0.29, 0.717) is 17.8 Å². The molecule has 0 spiro atoms. The Bertz CT molecular complexity index is 1060. The fourth-order valence-electron chi connectivity index (χ4n) is 4.87. The maximum Gasteiger partial charge on any atom is 0.573 e. The van der Waals surface area contributed by atoms with Crippen LogP contribution in [-0.2, 0) is 6.54 Å². The van der Waals surface area contributed by atoms with Crippen LogP contribution in [0, 0.1) is 24.2 Å². The molecule has 3 aromatic rings. The molecule has 2 aliphatic rings. The first kappa shape index (κ1) is 21.8. The van der Waals surface area contributed by atoms with E-state index in [9.17, 15) is 13.2 Å². The highest BCUT2D eigenvalue weighted by atomic mass is 19.4. The first-order valence-electron chi connectivity index (χ1n) is 11.2. The van der Waals surface area contributed by atoms with E-state index in [4.69, 9.17) is 4.74 Å². The molecule has 1 aliphatic carbocycles. The first-order valence-corrected chi connectivity index (χ1v) is 11.2. The van der Waals surface area contributed by atoms with Gasteiger partial charge in [-0.3, -0.25) is 4.90 Å². The van der Waals surface area contributed by atoms with E-state index in [1.807, 2.05) is 55.0 Å². The monoisotopic (exact) mass is 452 g/mol. The second kappa shape index (κ2) is 9.10. The van der Waals surface area contributed by atoms with Crippen molar-refractivity contribution in [1.82, 2.24) is 4.90 Å². The zero-order chi connectivity index (χ0) is 22.8. The molecule has 1 aliphatic heterocycles. The standard InChI is InChI=1S/C27H25F3NO2/c28-27(29,30)33-23-8-4-5-19(15-23)11-14-24-25-17-31(18-26(24)25)16-20-9-12-22(13-10-20)32-21-6-2-1-3-7-21/h1-13,15,24-26H,14,16-18H2. The fourth-order valence-corrected chi connectivity index (χ4v) is 4.87. The summed E-state index contributed by atoms with van der Waals surface area (Å²) in [4.78, 5) is 2.48. The summed E-state index contributed by atoms with van der Waals surface area (Å²) < 4.78 is 47.1. The number of fused-ring (bicyclic) bond motifs is 1. The number of piperidine rings is 1. The molecule has 2 fully saturated rings. The summed E-state index contributed by atoms with van der Waals surface area (Å²) in [6.45, 7) is 3.07. The van der Waals surface area contributed by atoms with Gasteiger partial charge in [0.15, 0.2) is 0 Å². The van der Waals surface area contributed by atoms with Gasteiger partial charge in [0.25, 0.3) is 0 Å². The molecule has 1 heterocycles. The van der Waals surface area contributed by atoms with Gasteiger partial charge in [-0.15, -0.1) is 13.2 Å². The van der Waals surface area contributed by atoms with Crippen molar-refractivity contribution >= 4 is 0 Å². The van der Waals surface area contributed by atoms with E-state index >= 15 is 0 Å². The number of alkyl halides is 3. The summed E-state index contributed by atoms with van der Waals surface area (Å²) in [7, 11) is 0. The summed E-state index contributed by atoms with van der Waals surface area (Å²) in [5.41, 5.74) is 2.04. The molecule has 1 saturated carbocycles. The lowest BCUT2D eigenvalue weighted by molar-refractivity contribution is -0.274. The van der Waals surface area contributed by atoms with Crippen LogP contribution in [0.5, 0.6) is 17.2 Å². The van der Waals surface area contributed by atoms with Gasteiger partial charge in [0.1, 0.15) is 17.2 Å². The van der Waals surface area contributed by atoms with Crippen molar-refractivity contribution in [2.24, 2.45) is 17.8 Å². The van der Waals surface area contributed by atoms with E-state index < -0.39 is 6.36 Å². The van der Waals surface area contributed by atoms with Crippen molar-refractivity contribution in [3.05, 3.63) is 96.4 Å². The first-order chi connectivity index (χ1) is 15.9. The van der Waals surface area contributed by atoms with Gasteiger partial charge in [-0.2, -0.15) is 0 Å². The Morgan fingerprint density at radius 2 is 1.48 bits per heavy atom. The topological polar surface area (TPSA) is 21.7 Å². The number of hydrogen-bond acceptors (Lipinski definition) is 3. The molecule has 0 amide bonds. The third-order valence-corrected chi connectivity index (χ3v) is 6.47. The van der Waals surface area contributed by atoms with Gasteiger partial charge in [0, 0.05) is 19.6 Å². The molecule has 0 N–H and O–H groups in total. The number of halogens is 3. The molecule has 33 heavy (non-hydrogen) atoms. The van der Waals surface area contributed by atoms with Crippen molar-refractivity contribution in [2.45, 2.75) is 19.3 Å². The molecule has 5 rings (SSSR count). The number of hydrogen-bond donors (Lipinski definition) is 0. The Kier molecular flexibility index (Phi) is 6.02. The average molecular weight is 452 g/mol. The summed E-state index contributed by atoms with van der Waals surface area (Å²) in [5, 5.41) is 0. The van der Waals surface area contributed by atoms with Crippen molar-refractivity contribution in [3.63, 3.8) is 0 Å². The second-order valence-electron chi connectivity index (χ2n) is 8.80. The molecule has 6 heteroatoms. The predicted octanol–water partition coefficient (Wildman–Crippen LogP) is 6.70. The molecule has 0 aromatic heterocycles. The quantitative estimate of drug-likeness (QED) is 0.380. The molecular weight excluding hydrogens is 427 g/mol. The lowest BCUT2D eigenvalue weighted by Gasteiger charge is -2.19. The van der Waals surface area contributed by atoms with Crippen LogP contribution in [0.1, 0.15) is 17.5 Å². The smallest absolute Gasteiger partial charge is 0.457 e. The fraction of sp³-hybridized carbons (Fsp3) is 0.296. The van der Waals surface area contributed by atoms with E-state index in [0.717, 1.165) is 43.1 Å². The number of para-hydroxylation sites is 1. The Balaban J connectivity index is 1.06. The third-order valence-electron chi connectivity index (χ3n) is 6.47. The van der Waals surface area contributed by atoms with Crippen LogP contribution in [0.15, 0.2) is 78.9 Å². The van der Waals surface area contributed by atoms with Crippen LogP contribution in [0.2, 0.25) is 0 Å². The zero-order valence-corrected chi connectivity index (χ0v) is 18.0. The van der Waals surface area contributed by atoms with Gasteiger partial charge >= 0.3 is 6.36 Å². The predicted molar refractivity (Wildman–Crippen MR) is 120 cm³/mol. The minimum Gasteiger partial charge on any atom is -0.457 e. The SMILES string of the molecule is FC(F)(F)Oc1cccc([CH]CC2C3CN(Cc4ccc(Oc5ccccc5)cc4)CC23)c1. The van der Waals surface area contributed by atoms with Crippen LogP contribution in [0.25, 0.3) is 0 Å². The third kappa shape index (κ3) is 5.69. The highest BCUT2D eigenvalue weighted by Crippen LogP contribution is 2.54. The Morgan fingerprint density at radius 3 is 2.18 bits per heavy atom. The number of ether oxygens (including phenoxy) is 2. The number of rotatable bonds is 8. The number of nitrogens with zero attached hydrogens (tertiary/aromatic N) is 1. The van der Waals surface area contributed by atoms with Crippen LogP contribution in [0.4, 0.5) is 13.2 Å².